The summed E-state index contributed by atoms with van der Waals surface area (Å²) < 4.78 is 5.75. The van der Waals surface area contributed by atoms with Crippen molar-refractivity contribution in [2.75, 3.05) is 16.4 Å². The van der Waals surface area contributed by atoms with E-state index in [2.05, 4.69) is 10.6 Å². The first-order chi connectivity index (χ1) is 11.7. The van der Waals surface area contributed by atoms with Crippen LogP contribution in [-0.2, 0) is 0 Å². The molecular formula is C19H17N3O2. The largest absolute Gasteiger partial charge is 0.457 e. The molecule has 0 heterocycles. The monoisotopic (exact) mass is 319 g/mol. The lowest BCUT2D eigenvalue weighted by atomic mass is 10.2. The molecule has 24 heavy (non-hydrogen) atoms. The summed E-state index contributed by atoms with van der Waals surface area (Å²) in [5.41, 5.74) is 7.57. The number of anilines is 3. The average Bonchev–Trinajstić information content (AvgIpc) is 2.60. The van der Waals surface area contributed by atoms with Gasteiger partial charge in [-0.05, 0) is 36.4 Å². The van der Waals surface area contributed by atoms with Crippen LogP contribution in [0.4, 0.5) is 21.9 Å². The second kappa shape index (κ2) is 7.19. The van der Waals surface area contributed by atoms with E-state index in [0.717, 1.165) is 0 Å². The average molecular weight is 319 g/mol. The van der Waals surface area contributed by atoms with Crippen molar-refractivity contribution in [3.05, 3.63) is 78.9 Å². The minimum absolute atomic E-state index is 0.371. The van der Waals surface area contributed by atoms with E-state index in [1.165, 1.54) is 0 Å². The van der Waals surface area contributed by atoms with Crippen molar-refractivity contribution in [2.24, 2.45) is 0 Å². The molecule has 0 saturated carbocycles. The lowest BCUT2D eigenvalue weighted by molar-refractivity contribution is 0.262. The molecule has 5 heteroatoms. The van der Waals surface area contributed by atoms with Gasteiger partial charge in [0.15, 0.2) is 0 Å². The first-order valence-electron chi connectivity index (χ1n) is 7.46. The van der Waals surface area contributed by atoms with Gasteiger partial charge in [-0.25, -0.2) is 4.79 Å². The number of nitrogen functional groups attached to an aromatic ring is 1. The fourth-order valence-electron chi connectivity index (χ4n) is 2.14. The summed E-state index contributed by atoms with van der Waals surface area (Å²) in [6.07, 6.45) is 0. The number of amides is 2. The second-order valence-corrected chi connectivity index (χ2v) is 5.11. The summed E-state index contributed by atoms with van der Waals surface area (Å²) in [5.74, 6) is 1.30. The summed E-state index contributed by atoms with van der Waals surface area (Å²) in [6.45, 7) is 0. The standard InChI is InChI=1S/C19H17N3O2/c20-17-12-11-16(24-15-9-5-2-6-10-15)13-18(17)22-19(23)21-14-7-3-1-4-8-14/h1-13H,20H2,(H2,21,22,23). The Labute approximate surface area is 140 Å². The van der Waals surface area contributed by atoms with Crippen LogP contribution in [0.2, 0.25) is 0 Å². The molecule has 3 rings (SSSR count). The number of benzene rings is 3. The Morgan fingerprint density at radius 2 is 1.46 bits per heavy atom. The minimum Gasteiger partial charge on any atom is -0.457 e. The quantitative estimate of drug-likeness (QED) is 0.610. The maximum atomic E-state index is 12.1. The van der Waals surface area contributed by atoms with E-state index in [1.807, 2.05) is 48.5 Å². The zero-order valence-corrected chi connectivity index (χ0v) is 12.9. The maximum absolute atomic E-state index is 12.1. The van der Waals surface area contributed by atoms with Crippen LogP contribution >= 0.6 is 0 Å². The van der Waals surface area contributed by atoms with Crippen molar-refractivity contribution < 1.29 is 9.53 Å². The molecule has 0 atom stereocenters. The number of para-hydroxylation sites is 2. The van der Waals surface area contributed by atoms with E-state index < -0.39 is 0 Å². The van der Waals surface area contributed by atoms with E-state index in [9.17, 15) is 4.79 Å². The molecule has 5 nitrogen and oxygen atoms in total. The molecule has 4 N–H and O–H groups in total. The zero-order chi connectivity index (χ0) is 16.8. The molecule has 0 aromatic heterocycles. The van der Waals surface area contributed by atoms with Gasteiger partial charge in [0.2, 0.25) is 0 Å². The summed E-state index contributed by atoms with van der Waals surface area (Å²) in [4.78, 5) is 12.1. The minimum atomic E-state index is -0.371. The van der Waals surface area contributed by atoms with Crippen LogP contribution in [-0.4, -0.2) is 6.03 Å². The molecule has 0 aliphatic rings. The summed E-state index contributed by atoms with van der Waals surface area (Å²) in [6, 6.07) is 23.3. The molecule has 0 bridgehead atoms. The van der Waals surface area contributed by atoms with Gasteiger partial charge in [0.25, 0.3) is 0 Å². The van der Waals surface area contributed by atoms with E-state index in [4.69, 9.17) is 10.5 Å². The van der Waals surface area contributed by atoms with E-state index in [1.54, 1.807) is 30.3 Å². The third kappa shape index (κ3) is 4.04. The molecule has 3 aromatic rings. The van der Waals surface area contributed by atoms with Crippen LogP contribution in [0, 0.1) is 0 Å². The predicted octanol–water partition coefficient (Wildman–Crippen LogP) is 4.71. The van der Waals surface area contributed by atoms with Crippen molar-refractivity contribution >= 4 is 23.1 Å². The van der Waals surface area contributed by atoms with Crippen molar-refractivity contribution in [1.82, 2.24) is 0 Å². The first-order valence-corrected chi connectivity index (χ1v) is 7.46. The Kier molecular flexibility index (Phi) is 4.62. The van der Waals surface area contributed by atoms with Crippen molar-refractivity contribution in [2.45, 2.75) is 0 Å². The number of nitrogens with one attached hydrogen (secondary N) is 2. The molecule has 120 valence electrons. The topological polar surface area (TPSA) is 76.4 Å². The fraction of sp³-hybridized carbons (Fsp3) is 0. The molecule has 2 amide bonds. The van der Waals surface area contributed by atoms with Gasteiger partial charge >= 0.3 is 6.03 Å². The van der Waals surface area contributed by atoms with Crippen molar-refractivity contribution in [3.8, 4) is 11.5 Å². The number of carbonyl (C=O) groups excluding carboxylic acids is 1. The smallest absolute Gasteiger partial charge is 0.323 e. The SMILES string of the molecule is Nc1ccc(Oc2ccccc2)cc1NC(=O)Nc1ccccc1. The lowest BCUT2D eigenvalue weighted by Crippen LogP contribution is -2.20. The summed E-state index contributed by atoms with van der Waals surface area (Å²) >= 11 is 0. The molecule has 0 saturated heterocycles. The highest BCUT2D eigenvalue weighted by Crippen LogP contribution is 2.28. The van der Waals surface area contributed by atoms with E-state index >= 15 is 0 Å². The molecular weight excluding hydrogens is 302 g/mol. The fourth-order valence-corrected chi connectivity index (χ4v) is 2.14. The van der Waals surface area contributed by atoms with Gasteiger partial charge in [-0.15, -0.1) is 0 Å². The predicted molar refractivity (Wildman–Crippen MR) is 96.5 cm³/mol. The summed E-state index contributed by atoms with van der Waals surface area (Å²) in [5, 5.41) is 5.47. The van der Waals surface area contributed by atoms with Crippen LogP contribution in [0.25, 0.3) is 0 Å². The van der Waals surface area contributed by atoms with Gasteiger partial charge in [0.05, 0.1) is 11.4 Å². The van der Waals surface area contributed by atoms with Crippen LogP contribution in [0.5, 0.6) is 11.5 Å². The van der Waals surface area contributed by atoms with Crippen molar-refractivity contribution in [3.63, 3.8) is 0 Å². The van der Waals surface area contributed by atoms with Gasteiger partial charge in [-0.3, -0.25) is 0 Å². The normalized spacial score (nSPS) is 10.0. The van der Waals surface area contributed by atoms with Crippen LogP contribution in [0.1, 0.15) is 0 Å². The Bertz CT molecular complexity index is 821. The molecule has 3 aromatic carbocycles. The zero-order valence-electron chi connectivity index (χ0n) is 12.9. The molecule has 0 fully saturated rings. The lowest BCUT2D eigenvalue weighted by Gasteiger charge is -2.12. The van der Waals surface area contributed by atoms with Gasteiger partial charge < -0.3 is 21.1 Å². The number of hydrogen-bond donors (Lipinski definition) is 3. The Morgan fingerprint density at radius 1 is 0.792 bits per heavy atom. The molecule has 0 aliphatic carbocycles. The highest BCUT2D eigenvalue weighted by molar-refractivity contribution is 6.01. The highest BCUT2D eigenvalue weighted by Gasteiger charge is 2.07. The van der Waals surface area contributed by atoms with E-state index in [0.29, 0.717) is 28.6 Å². The molecule has 0 unspecified atom stereocenters. The number of nitrogens with two attached hydrogens (primary N) is 1. The van der Waals surface area contributed by atoms with Gasteiger partial charge in [-0.2, -0.15) is 0 Å². The highest BCUT2D eigenvalue weighted by atomic mass is 16.5. The second-order valence-electron chi connectivity index (χ2n) is 5.11. The molecule has 0 radical (unpaired) electrons. The Hall–Kier alpha value is -3.47. The number of hydrogen-bond acceptors (Lipinski definition) is 3. The van der Waals surface area contributed by atoms with Crippen LogP contribution < -0.4 is 21.1 Å². The number of ether oxygens (including phenoxy) is 1. The Morgan fingerprint density at radius 3 is 2.17 bits per heavy atom. The Balaban J connectivity index is 1.71. The summed E-state index contributed by atoms with van der Waals surface area (Å²) in [7, 11) is 0. The first kappa shape index (κ1) is 15.4. The molecule has 0 spiro atoms. The van der Waals surface area contributed by atoms with Gasteiger partial charge in [0, 0.05) is 11.8 Å². The number of carbonyl (C=O) groups is 1. The number of urea groups is 1. The van der Waals surface area contributed by atoms with E-state index in [-0.39, 0.29) is 6.03 Å². The third-order valence-corrected chi connectivity index (χ3v) is 3.28. The van der Waals surface area contributed by atoms with Gasteiger partial charge in [-0.1, -0.05) is 36.4 Å². The number of rotatable bonds is 4. The van der Waals surface area contributed by atoms with Gasteiger partial charge in [0.1, 0.15) is 11.5 Å². The third-order valence-electron chi connectivity index (χ3n) is 3.28. The molecule has 0 aliphatic heterocycles. The maximum Gasteiger partial charge on any atom is 0.323 e. The van der Waals surface area contributed by atoms with Crippen LogP contribution in [0.15, 0.2) is 78.9 Å². The van der Waals surface area contributed by atoms with Crippen LogP contribution in [0.3, 0.4) is 0 Å². The van der Waals surface area contributed by atoms with Crippen molar-refractivity contribution in [1.29, 1.82) is 0 Å².